The highest BCUT2D eigenvalue weighted by Gasteiger charge is 2.40. The second-order valence-electron chi connectivity index (χ2n) is 19.7. The van der Waals surface area contributed by atoms with Crippen molar-refractivity contribution in [1.82, 2.24) is 55.7 Å². The van der Waals surface area contributed by atoms with Crippen LogP contribution in [0, 0.1) is 16.7 Å². The van der Waals surface area contributed by atoms with E-state index in [0.717, 1.165) is 86.9 Å². The lowest BCUT2D eigenvalue weighted by Crippen LogP contribution is -2.55. The predicted molar refractivity (Wildman–Crippen MR) is 298 cm³/mol. The first kappa shape index (κ1) is 56.3. The zero-order valence-corrected chi connectivity index (χ0v) is 45.4. The van der Waals surface area contributed by atoms with E-state index in [1.807, 2.05) is 46.1 Å². The van der Waals surface area contributed by atoms with Gasteiger partial charge in [-0.25, -0.2) is 15.0 Å². The SMILES string of the molecule is CN[C@@H](C)C(=O)N[C@H](C(=O)N1CCC[C@H]1c1ncc(C(=O)c2cccc(OCc3cn(CCCCCCOc4cccc(CNC(=O)c5cccc(NCC(=N)N(C)C(=N)c6ccncn6)c5)c4)nn3)c2)s1)C1CCCCC1. The first-order valence-corrected chi connectivity index (χ1v) is 27.7. The number of carbonyl (C=O) groups is 4. The van der Waals surface area contributed by atoms with Crippen molar-refractivity contribution in [3.63, 3.8) is 0 Å². The lowest BCUT2D eigenvalue weighted by Gasteiger charge is -2.35. The van der Waals surface area contributed by atoms with Crippen LogP contribution in [0.2, 0.25) is 0 Å². The number of nitrogens with one attached hydrogen (secondary N) is 6. The number of unbranched alkanes of at least 4 members (excludes halogenated alkanes) is 3. The minimum atomic E-state index is -0.589. The molecule has 6 N–H and O–H groups in total. The summed E-state index contributed by atoms with van der Waals surface area (Å²) in [7, 11) is 3.37. The molecule has 2 aliphatic rings. The van der Waals surface area contributed by atoms with E-state index in [9.17, 15) is 19.2 Å². The Balaban J connectivity index is 0.718. The lowest BCUT2D eigenvalue weighted by molar-refractivity contribution is -0.139. The Morgan fingerprint density at radius 3 is 2.46 bits per heavy atom. The quantitative estimate of drug-likeness (QED) is 0.0132. The monoisotopic (exact) mass is 1080 g/mol. The molecule has 1 saturated carbocycles. The highest BCUT2D eigenvalue weighted by molar-refractivity contribution is 7.14. The highest BCUT2D eigenvalue weighted by atomic mass is 32.1. The number of ketones is 1. The zero-order valence-electron chi connectivity index (χ0n) is 44.6. The Kier molecular flexibility index (Phi) is 20.2. The molecule has 1 aliphatic heterocycles. The van der Waals surface area contributed by atoms with Crippen LogP contribution in [0.4, 0.5) is 5.69 Å². The number of likely N-dealkylation sites (N-methyl/N-ethyl adjacent to an activating group) is 2. The molecule has 3 aromatic heterocycles. The molecule has 1 aliphatic carbocycles. The van der Waals surface area contributed by atoms with Crippen LogP contribution in [-0.4, -0.2) is 121 Å². The van der Waals surface area contributed by atoms with Crippen molar-refractivity contribution in [2.24, 2.45) is 5.92 Å². The molecule has 2 fully saturated rings. The minimum Gasteiger partial charge on any atom is -0.494 e. The molecule has 8 rings (SSSR count). The lowest BCUT2D eigenvalue weighted by atomic mass is 9.83. The van der Waals surface area contributed by atoms with Crippen molar-refractivity contribution in [3.8, 4) is 11.5 Å². The number of hydrogen-bond acceptors (Lipinski definition) is 16. The Bertz CT molecular complexity index is 3000. The van der Waals surface area contributed by atoms with E-state index >= 15 is 0 Å². The average Bonchev–Trinajstić information content (AvgIpc) is 4.31. The normalized spacial score (nSPS) is 15.2. The number of benzene rings is 3. The fourth-order valence-electron chi connectivity index (χ4n) is 9.57. The van der Waals surface area contributed by atoms with Crippen LogP contribution in [0.15, 0.2) is 104 Å². The third kappa shape index (κ3) is 15.4. The third-order valence-electron chi connectivity index (χ3n) is 14.2. The molecule has 1 saturated heterocycles. The number of hydrogen-bond donors (Lipinski definition) is 6. The first-order chi connectivity index (χ1) is 37.9. The van der Waals surface area contributed by atoms with Crippen molar-refractivity contribution < 1.29 is 28.7 Å². The maximum absolute atomic E-state index is 14.2. The Hall–Kier alpha value is -7.91. The molecule has 3 atom stereocenters. The summed E-state index contributed by atoms with van der Waals surface area (Å²) in [6.07, 6.45) is 16.8. The van der Waals surface area contributed by atoms with Gasteiger partial charge < -0.3 is 40.5 Å². The largest absolute Gasteiger partial charge is 0.494 e. The minimum absolute atomic E-state index is 0.0635. The number of carbonyl (C=O) groups excluding carboxylic acids is 4. The van der Waals surface area contributed by atoms with Gasteiger partial charge in [-0.15, -0.1) is 16.4 Å². The van der Waals surface area contributed by atoms with Gasteiger partial charge >= 0.3 is 0 Å². The summed E-state index contributed by atoms with van der Waals surface area (Å²) in [6, 6.07) is 22.2. The standard InChI is InChI=1S/C57H70N14O6S/c1-38(60-2)54(73)66-51(40-16-7-6-8-17-40)57(75)71-27-14-23-48(71)56-64-33-49(78-56)52(72)41-18-13-22-46(31-41)77-36-44-35-70(68-67-44)26-9-4-5-10-28-76-45-21-11-15-39(29-45)32-63-55(74)42-19-12-20-43(30-42)62-34-50(58)69(3)53(59)47-24-25-61-37-65-47/h11-13,15,18-22,24-25,29-31,33,35,37-38,40,48,51,58-60,62H,4-10,14,16-17,23,26-28,32,34,36H2,1-3H3,(H,63,74)(H,66,73)/t38-,48-,51-/m0/s1. The number of thiazole rings is 1. The van der Waals surface area contributed by atoms with Crippen molar-refractivity contribution in [2.75, 3.05) is 39.1 Å². The van der Waals surface area contributed by atoms with Crippen LogP contribution in [-0.2, 0) is 29.3 Å². The number of amides is 3. The summed E-state index contributed by atoms with van der Waals surface area (Å²) in [5, 5.41) is 38.3. The second kappa shape index (κ2) is 27.9. The van der Waals surface area contributed by atoms with Crippen LogP contribution in [0.3, 0.4) is 0 Å². The number of aromatic nitrogens is 6. The highest BCUT2D eigenvalue weighted by Crippen LogP contribution is 2.37. The van der Waals surface area contributed by atoms with E-state index in [1.54, 1.807) is 81.9 Å². The predicted octanol–water partition coefficient (Wildman–Crippen LogP) is 7.59. The molecule has 3 amide bonds. The van der Waals surface area contributed by atoms with Gasteiger partial charge in [0, 0.05) is 55.9 Å². The molecule has 0 spiro atoms. The van der Waals surface area contributed by atoms with E-state index in [2.05, 4.69) is 46.5 Å². The van der Waals surface area contributed by atoms with Gasteiger partial charge in [0.05, 0.1) is 36.3 Å². The number of likely N-dealkylation sites (tertiary alicyclic amines) is 1. The smallest absolute Gasteiger partial charge is 0.251 e. The van der Waals surface area contributed by atoms with Crippen molar-refractivity contribution >= 4 is 52.2 Å². The van der Waals surface area contributed by atoms with Crippen LogP contribution < -0.4 is 30.7 Å². The van der Waals surface area contributed by atoms with Crippen LogP contribution in [0.25, 0.3) is 0 Å². The molecule has 20 nitrogen and oxygen atoms in total. The zero-order chi connectivity index (χ0) is 54.8. The van der Waals surface area contributed by atoms with Gasteiger partial charge in [0.1, 0.15) is 52.7 Å². The summed E-state index contributed by atoms with van der Waals surface area (Å²) >= 11 is 1.32. The second-order valence-corrected chi connectivity index (χ2v) is 20.8. The van der Waals surface area contributed by atoms with Crippen molar-refractivity contribution in [3.05, 3.63) is 142 Å². The van der Waals surface area contributed by atoms with Gasteiger partial charge in [-0.3, -0.25) is 34.7 Å². The molecule has 0 bridgehead atoms. The van der Waals surface area contributed by atoms with Gasteiger partial charge in [0.25, 0.3) is 5.91 Å². The molecule has 410 valence electrons. The van der Waals surface area contributed by atoms with Gasteiger partial charge in [-0.05, 0) is 119 Å². The fourth-order valence-corrected chi connectivity index (χ4v) is 10.6. The van der Waals surface area contributed by atoms with E-state index < -0.39 is 12.1 Å². The number of nitrogens with zero attached hydrogens (tertiary/aromatic N) is 8. The fraction of sp³-hybridized carbons (Fsp3) is 0.421. The van der Waals surface area contributed by atoms with Gasteiger partial charge in [-0.2, -0.15) is 0 Å². The van der Waals surface area contributed by atoms with E-state index in [0.29, 0.717) is 65.1 Å². The van der Waals surface area contributed by atoms with Crippen LogP contribution in [0.5, 0.6) is 11.5 Å². The molecular formula is C57H70N14O6S. The Morgan fingerprint density at radius 1 is 0.872 bits per heavy atom. The summed E-state index contributed by atoms with van der Waals surface area (Å²) in [5.74, 6) is 0.953. The van der Waals surface area contributed by atoms with E-state index in [4.69, 9.17) is 20.3 Å². The third-order valence-corrected chi connectivity index (χ3v) is 15.3. The van der Waals surface area contributed by atoms with Crippen molar-refractivity contribution in [2.45, 2.75) is 115 Å². The van der Waals surface area contributed by atoms with Gasteiger partial charge in [0.2, 0.25) is 17.6 Å². The summed E-state index contributed by atoms with van der Waals surface area (Å²) in [4.78, 5) is 70.6. The molecule has 0 unspecified atom stereocenters. The van der Waals surface area contributed by atoms with Crippen LogP contribution >= 0.6 is 11.3 Å². The summed E-state index contributed by atoms with van der Waals surface area (Å²) < 4.78 is 13.9. The molecule has 78 heavy (non-hydrogen) atoms. The number of aryl methyl sites for hydroxylation is 1. The average molecular weight is 1080 g/mol. The summed E-state index contributed by atoms with van der Waals surface area (Å²) in [6.45, 7) is 4.31. The maximum atomic E-state index is 14.2. The maximum Gasteiger partial charge on any atom is 0.251 e. The molecule has 4 heterocycles. The number of anilines is 1. The van der Waals surface area contributed by atoms with Gasteiger partial charge in [-0.1, -0.05) is 61.2 Å². The summed E-state index contributed by atoms with van der Waals surface area (Å²) in [5.41, 5.74) is 3.61. The van der Waals surface area contributed by atoms with Gasteiger partial charge in [0.15, 0.2) is 5.84 Å². The Morgan fingerprint density at radius 2 is 1.65 bits per heavy atom. The molecule has 3 aromatic carbocycles. The number of ether oxygens (including phenoxy) is 2. The van der Waals surface area contributed by atoms with E-state index in [1.165, 1.54) is 22.6 Å². The van der Waals surface area contributed by atoms with Crippen LogP contribution in [0.1, 0.15) is 131 Å². The molecular weight excluding hydrogens is 1010 g/mol. The van der Waals surface area contributed by atoms with Crippen molar-refractivity contribution in [1.29, 1.82) is 10.8 Å². The number of rotatable bonds is 26. The first-order valence-electron chi connectivity index (χ1n) is 26.8. The number of amidine groups is 2. The molecule has 6 aromatic rings. The topological polar surface area (TPSA) is 258 Å². The Labute approximate surface area is 459 Å². The molecule has 21 heteroatoms. The molecule has 0 radical (unpaired) electrons. The van der Waals surface area contributed by atoms with E-state index in [-0.39, 0.29) is 60.3 Å².